The molecule has 0 amide bonds. The minimum Gasteiger partial charge on any atom is -0.507 e. The average molecular weight is 774 g/mol. The number of phenolic OH excluding ortho intramolecular Hbond substituents is 2. The number of rotatable bonds is 8. The second kappa shape index (κ2) is 14.0. The van der Waals surface area contributed by atoms with Crippen LogP contribution in [0.15, 0.2) is 54.2 Å². The lowest BCUT2D eigenvalue weighted by atomic mass is 9.56. The van der Waals surface area contributed by atoms with Crippen LogP contribution in [0.4, 0.5) is 0 Å². The van der Waals surface area contributed by atoms with Crippen LogP contribution in [-0.2, 0) is 42.3 Å². The van der Waals surface area contributed by atoms with Crippen molar-refractivity contribution in [3.63, 3.8) is 0 Å². The molecule has 8 atom stereocenters. The number of esters is 1. The second-order valence-corrected chi connectivity index (χ2v) is 14.2. The highest BCUT2D eigenvalue weighted by atomic mass is 16.6. The molecule has 0 radical (unpaired) electrons. The molecule has 4 aliphatic rings. The number of hydrogen-bond acceptors (Lipinski definition) is 16. The number of carbonyl (C=O) groups excluding carboxylic acids is 5. The predicted molar refractivity (Wildman–Crippen MR) is 190 cm³/mol. The topological polar surface area (TPSA) is 245 Å². The molecule has 3 aromatic carbocycles. The van der Waals surface area contributed by atoms with Crippen molar-refractivity contribution < 1.29 is 73.2 Å². The van der Waals surface area contributed by atoms with E-state index in [1.54, 1.807) is 37.3 Å². The van der Waals surface area contributed by atoms with Gasteiger partial charge in [-0.05, 0) is 36.6 Å². The Labute approximate surface area is 319 Å². The van der Waals surface area contributed by atoms with Crippen molar-refractivity contribution in [3.8, 4) is 11.5 Å². The summed E-state index contributed by atoms with van der Waals surface area (Å²) in [6.07, 6.45) is -6.63. The number of fused-ring (bicyclic) bond motifs is 5. The Balaban J connectivity index is 1.33. The fourth-order valence-corrected chi connectivity index (χ4v) is 8.54. The number of hydrogen-bond donors (Lipinski definition) is 6. The van der Waals surface area contributed by atoms with Gasteiger partial charge in [0.1, 0.15) is 42.0 Å². The predicted octanol–water partition coefficient (Wildman–Crippen LogP) is 1.32. The van der Waals surface area contributed by atoms with E-state index < -0.39 is 128 Å². The number of benzene rings is 3. The largest absolute Gasteiger partial charge is 0.507 e. The van der Waals surface area contributed by atoms with E-state index in [4.69, 9.17) is 23.7 Å². The van der Waals surface area contributed by atoms with Crippen molar-refractivity contribution in [2.75, 3.05) is 21.3 Å². The molecule has 3 aromatic rings. The van der Waals surface area contributed by atoms with E-state index in [0.29, 0.717) is 5.56 Å². The van der Waals surface area contributed by atoms with Crippen LogP contribution in [-0.4, -0.2) is 118 Å². The maximum absolute atomic E-state index is 14.8. The van der Waals surface area contributed by atoms with Gasteiger partial charge in [-0.3, -0.25) is 19.2 Å². The quantitative estimate of drug-likeness (QED) is 0.177. The maximum Gasteiger partial charge on any atom is 0.342 e. The molecule has 1 heterocycles. The SMILES string of the molecule is CO[C@@H]1[C@@H](O)[C@@H](OC)[C@@H](NC2=CC(=O)c3c(cc4c(c3O)C(=O)[C@]3(OC)[C@H](O)Cc5cc(C)c(C(=O)OCc6ccccc6)c(O)c5[C@]3(O)C4=O)C2=O)O[C@H]1C. The van der Waals surface area contributed by atoms with Crippen molar-refractivity contribution in [1.82, 2.24) is 5.32 Å². The van der Waals surface area contributed by atoms with Gasteiger partial charge in [-0.1, -0.05) is 36.4 Å². The third-order valence-corrected chi connectivity index (χ3v) is 11.2. The fourth-order valence-electron chi connectivity index (χ4n) is 8.54. The first-order chi connectivity index (χ1) is 26.6. The highest BCUT2D eigenvalue weighted by molar-refractivity contribution is 6.31. The molecule has 1 fully saturated rings. The van der Waals surface area contributed by atoms with E-state index in [2.05, 4.69) is 5.32 Å². The van der Waals surface area contributed by atoms with Gasteiger partial charge in [-0.15, -0.1) is 0 Å². The third kappa shape index (κ3) is 5.36. The molecule has 0 unspecified atom stereocenters. The zero-order valence-corrected chi connectivity index (χ0v) is 30.8. The minimum atomic E-state index is -3.27. The van der Waals surface area contributed by atoms with Gasteiger partial charge in [0.05, 0.1) is 29.0 Å². The Morgan fingerprint density at radius 2 is 1.61 bits per heavy atom. The lowest BCUT2D eigenvalue weighted by Gasteiger charge is -2.52. The summed E-state index contributed by atoms with van der Waals surface area (Å²) in [7, 11) is 3.59. The van der Waals surface area contributed by atoms with Crippen LogP contribution >= 0.6 is 0 Å². The van der Waals surface area contributed by atoms with E-state index in [1.165, 1.54) is 27.2 Å². The van der Waals surface area contributed by atoms with Crippen LogP contribution in [0, 0.1) is 6.92 Å². The molecule has 56 heavy (non-hydrogen) atoms. The molecule has 0 saturated carbocycles. The van der Waals surface area contributed by atoms with Crippen LogP contribution in [0.2, 0.25) is 0 Å². The van der Waals surface area contributed by atoms with Gasteiger partial charge in [-0.2, -0.15) is 0 Å². The Bertz CT molecular complexity index is 2230. The van der Waals surface area contributed by atoms with Crippen LogP contribution in [0.25, 0.3) is 0 Å². The standard InChI is InChI=1S/C40H39NO15/c1-16-11-19-12-24(43)40(54-5)36(49)27-21(35(48)39(40,51)28(19)31(46)25(16)38(50)55-15-18-9-7-6-8-10-18)13-20-26(30(27)45)23(42)14-22(29(20)44)41-37-34(53-4)32(47)33(52-3)17(2)56-37/h6-11,13-14,17,24,32-34,37,41,43,45-47,51H,12,15H2,1-5H3/t17-,24+,32+,33-,34+,37-,39-,40+/m0/s1. The molecular weight excluding hydrogens is 734 g/mol. The smallest absolute Gasteiger partial charge is 0.342 e. The number of allylic oxidation sites excluding steroid dienone is 2. The summed E-state index contributed by atoms with van der Waals surface area (Å²) in [6.45, 7) is 2.89. The zero-order valence-electron chi connectivity index (χ0n) is 30.8. The summed E-state index contributed by atoms with van der Waals surface area (Å²) >= 11 is 0. The molecule has 1 aliphatic heterocycles. The summed E-state index contributed by atoms with van der Waals surface area (Å²) < 4.78 is 27.6. The number of Topliss-reactive ketones (excluding diaryl/α,β-unsaturated/α-hetero) is 3. The van der Waals surface area contributed by atoms with Gasteiger partial charge in [0.2, 0.25) is 17.3 Å². The number of carbonyl (C=O) groups is 5. The van der Waals surface area contributed by atoms with Gasteiger partial charge in [0.25, 0.3) is 0 Å². The average Bonchev–Trinajstić information content (AvgIpc) is 3.15. The van der Waals surface area contributed by atoms with Crippen molar-refractivity contribution >= 4 is 29.1 Å². The van der Waals surface area contributed by atoms with Crippen LogP contribution < -0.4 is 5.32 Å². The highest BCUT2D eigenvalue weighted by Gasteiger charge is 2.72. The fraction of sp³-hybridized carbons (Fsp3) is 0.375. The number of aryl methyl sites for hydroxylation is 1. The number of phenols is 2. The van der Waals surface area contributed by atoms with Crippen molar-refractivity contribution in [2.45, 2.75) is 74.8 Å². The number of nitrogens with one attached hydrogen (secondary N) is 1. The minimum absolute atomic E-state index is 0.0120. The molecule has 16 heteroatoms. The molecular formula is C40H39NO15. The van der Waals surface area contributed by atoms with Crippen molar-refractivity contribution in [2.24, 2.45) is 0 Å². The maximum atomic E-state index is 14.8. The molecule has 7 rings (SSSR count). The summed E-state index contributed by atoms with van der Waals surface area (Å²) in [4.78, 5) is 70.6. The Kier molecular flexibility index (Phi) is 9.73. The van der Waals surface area contributed by atoms with Gasteiger partial charge in [-0.25, -0.2) is 4.79 Å². The van der Waals surface area contributed by atoms with Gasteiger partial charge < -0.3 is 54.5 Å². The number of ether oxygens (including phenoxy) is 5. The van der Waals surface area contributed by atoms with E-state index >= 15 is 0 Å². The lowest BCUT2D eigenvalue weighted by Crippen LogP contribution is -2.73. The number of aliphatic hydroxyl groups excluding tert-OH is 2. The third-order valence-electron chi connectivity index (χ3n) is 11.2. The summed E-state index contributed by atoms with van der Waals surface area (Å²) in [5.74, 6) is -7.70. The van der Waals surface area contributed by atoms with Crippen molar-refractivity contribution in [3.05, 3.63) is 104 Å². The normalized spacial score (nSPS) is 29.5. The summed E-state index contributed by atoms with van der Waals surface area (Å²) in [5.41, 5.74) is -9.62. The van der Waals surface area contributed by atoms with E-state index in [0.717, 1.165) is 19.3 Å². The van der Waals surface area contributed by atoms with E-state index in [-0.39, 0.29) is 23.4 Å². The Morgan fingerprint density at radius 3 is 2.25 bits per heavy atom. The molecule has 16 nitrogen and oxygen atoms in total. The molecule has 0 bridgehead atoms. The number of ketones is 4. The zero-order chi connectivity index (χ0) is 40.6. The molecule has 1 saturated heterocycles. The lowest BCUT2D eigenvalue weighted by molar-refractivity contribution is -0.236. The van der Waals surface area contributed by atoms with Crippen molar-refractivity contribution in [1.29, 1.82) is 0 Å². The molecule has 294 valence electrons. The first-order valence-electron chi connectivity index (χ1n) is 17.6. The molecule has 0 aromatic heterocycles. The number of aromatic hydroxyl groups is 2. The summed E-state index contributed by atoms with van der Waals surface area (Å²) in [5, 5.41) is 61.2. The van der Waals surface area contributed by atoms with E-state index in [9.17, 15) is 49.5 Å². The van der Waals surface area contributed by atoms with Gasteiger partial charge >= 0.3 is 5.97 Å². The Hall–Kier alpha value is -5.33. The van der Waals surface area contributed by atoms with Gasteiger partial charge in [0.15, 0.2) is 23.2 Å². The molecule has 6 N–H and O–H groups in total. The van der Waals surface area contributed by atoms with E-state index in [1.807, 2.05) is 0 Å². The second-order valence-electron chi connectivity index (χ2n) is 14.2. The number of aliphatic hydroxyl groups is 3. The first-order valence-corrected chi connectivity index (χ1v) is 17.6. The highest BCUT2D eigenvalue weighted by Crippen LogP contribution is 2.56. The molecule has 0 spiro atoms. The van der Waals surface area contributed by atoms with Gasteiger partial charge in [0, 0.05) is 50.5 Å². The van der Waals surface area contributed by atoms with Crippen LogP contribution in [0.1, 0.15) is 81.0 Å². The van der Waals surface area contributed by atoms with Crippen LogP contribution in [0.3, 0.4) is 0 Å². The monoisotopic (exact) mass is 773 g/mol. The van der Waals surface area contributed by atoms with Crippen LogP contribution in [0.5, 0.6) is 11.5 Å². The Morgan fingerprint density at radius 1 is 0.929 bits per heavy atom. The summed E-state index contributed by atoms with van der Waals surface area (Å²) in [6, 6.07) is 10.9. The molecule has 3 aliphatic carbocycles. The first kappa shape index (κ1) is 38.9. The number of methoxy groups -OCH3 is 3.